The van der Waals surface area contributed by atoms with Crippen LogP contribution < -0.4 is 9.64 Å². The van der Waals surface area contributed by atoms with Gasteiger partial charge < -0.3 is 19.8 Å². The number of aromatic nitrogens is 2. The van der Waals surface area contributed by atoms with Gasteiger partial charge in [-0.15, -0.1) is 0 Å². The molecule has 2 heterocycles. The van der Waals surface area contributed by atoms with Gasteiger partial charge in [0, 0.05) is 13.0 Å². The van der Waals surface area contributed by atoms with Crippen LogP contribution in [0, 0.1) is 0 Å². The SMILES string of the molecule is CC(C)Oc1cncc(N2CC(O)CC2C(=O)O)n1. The normalized spacial score (nSPS) is 22.8. The summed E-state index contributed by atoms with van der Waals surface area (Å²) in [5, 5.41) is 18.8. The largest absolute Gasteiger partial charge is 0.480 e. The Morgan fingerprint density at radius 2 is 2.26 bits per heavy atom. The second-order valence-electron chi connectivity index (χ2n) is 4.78. The molecule has 0 radical (unpaired) electrons. The number of carboxylic acids is 1. The van der Waals surface area contributed by atoms with E-state index in [4.69, 9.17) is 9.84 Å². The van der Waals surface area contributed by atoms with Gasteiger partial charge in [-0.2, -0.15) is 4.98 Å². The van der Waals surface area contributed by atoms with Gasteiger partial charge in [-0.25, -0.2) is 4.79 Å². The van der Waals surface area contributed by atoms with E-state index < -0.39 is 18.1 Å². The topological polar surface area (TPSA) is 95.8 Å². The summed E-state index contributed by atoms with van der Waals surface area (Å²) in [6.07, 6.45) is 2.43. The molecular weight excluding hydrogens is 250 g/mol. The fourth-order valence-corrected chi connectivity index (χ4v) is 2.08. The molecule has 19 heavy (non-hydrogen) atoms. The van der Waals surface area contributed by atoms with Gasteiger partial charge in [-0.3, -0.25) is 4.98 Å². The quantitative estimate of drug-likeness (QED) is 0.809. The van der Waals surface area contributed by atoms with E-state index in [0.717, 1.165) is 0 Å². The lowest BCUT2D eigenvalue weighted by molar-refractivity contribution is -0.138. The molecule has 1 aliphatic heterocycles. The third-order valence-electron chi connectivity index (χ3n) is 2.81. The van der Waals surface area contributed by atoms with Crippen molar-refractivity contribution in [1.29, 1.82) is 0 Å². The molecule has 1 aromatic rings. The molecule has 7 heteroatoms. The van der Waals surface area contributed by atoms with Gasteiger partial charge in [0.05, 0.1) is 24.6 Å². The minimum absolute atomic E-state index is 0.0380. The number of anilines is 1. The maximum atomic E-state index is 11.2. The molecule has 0 aromatic carbocycles. The van der Waals surface area contributed by atoms with Crippen LogP contribution in [0.5, 0.6) is 5.88 Å². The van der Waals surface area contributed by atoms with Crippen molar-refractivity contribution in [3.63, 3.8) is 0 Å². The van der Waals surface area contributed by atoms with Gasteiger partial charge in [0.25, 0.3) is 0 Å². The maximum Gasteiger partial charge on any atom is 0.326 e. The maximum absolute atomic E-state index is 11.2. The average molecular weight is 267 g/mol. The van der Waals surface area contributed by atoms with Crippen LogP contribution in [-0.2, 0) is 4.79 Å². The molecular formula is C12H17N3O4. The van der Waals surface area contributed by atoms with Crippen molar-refractivity contribution in [2.24, 2.45) is 0 Å². The van der Waals surface area contributed by atoms with Gasteiger partial charge in [0.1, 0.15) is 6.04 Å². The predicted octanol–water partition coefficient (Wildman–Crippen LogP) is 0.288. The van der Waals surface area contributed by atoms with Gasteiger partial charge in [-0.05, 0) is 13.8 Å². The molecule has 0 bridgehead atoms. The van der Waals surface area contributed by atoms with Crippen molar-refractivity contribution in [2.75, 3.05) is 11.4 Å². The zero-order valence-corrected chi connectivity index (χ0v) is 10.9. The number of nitrogens with zero attached hydrogens (tertiary/aromatic N) is 3. The molecule has 2 rings (SSSR count). The van der Waals surface area contributed by atoms with Gasteiger partial charge in [0.2, 0.25) is 5.88 Å². The molecule has 1 aliphatic rings. The van der Waals surface area contributed by atoms with Crippen molar-refractivity contribution >= 4 is 11.8 Å². The fourth-order valence-electron chi connectivity index (χ4n) is 2.08. The van der Waals surface area contributed by atoms with Crippen LogP contribution in [0.4, 0.5) is 5.82 Å². The molecule has 2 atom stereocenters. The molecule has 1 aromatic heterocycles. The third kappa shape index (κ3) is 3.11. The molecule has 104 valence electrons. The molecule has 0 spiro atoms. The highest BCUT2D eigenvalue weighted by Crippen LogP contribution is 2.25. The summed E-state index contributed by atoms with van der Waals surface area (Å²) < 4.78 is 5.43. The Balaban J connectivity index is 2.23. The monoisotopic (exact) mass is 267 g/mol. The van der Waals surface area contributed by atoms with Crippen LogP contribution in [0.1, 0.15) is 20.3 Å². The summed E-state index contributed by atoms with van der Waals surface area (Å²) in [7, 11) is 0. The van der Waals surface area contributed by atoms with Crippen molar-refractivity contribution < 1.29 is 19.7 Å². The highest BCUT2D eigenvalue weighted by molar-refractivity contribution is 5.78. The summed E-state index contributed by atoms with van der Waals surface area (Å²) in [6, 6.07) is -0.779. The van der Waals surface area contributed by atoms with Crippen LogP contribution in [0.25, 0.3) is 0 Å². The summed E-state index contributed by atoms with van der Waals surface area (Å²) >= 11 is 0. The van der Waals surface area contributed by atoms with E-state index in [1.54, 1.807) is 0 Å². The van der Waals surface area contributed by atoms with Crippen LogP contribution in [0.15, 0.2) is 12.4 Å². The second-order valence-corrected chi connectivity index (χ2v) is 4.78. The van der Waals surface area contributed by atoms with E-state index >= 15 is 0 Å². The number of aliphatic hydroxyl groups is 1. The van der Waals surface area contributed by atoms with Gasteiger partial charge in [0.15, 0.2) is 5.82 Å². The van der Waals surface area contributed by atoms with Crippen LogP contribution in [0.3, 0.4) is 0 Å². The Kier molecular flexibility index (Phi) is 3.84. The highest BCUT2D eigenvalue weighted by Gasteiger charge is 2.37. The Labute approximate surface area is 110 Å². The number of ether oxygens (including phenoxy) is 1. The predicted molar refractivity (Wildman–Crippen MR) is 67.2 cm³/mol. The van der Waals surface area contributed by atoms with Crippen molar-refractivity contribution in [3.8, 4) is 5.88 Å². The Hall–Kier alpha value is -1.89. The first kappa shape index (κ1) is 13.5. The first-order valence-electron chi connectivity index (χ1n) is 6.13. The molecule has 7 nitrogen and oxygen atoms in total. The van der Waals surface area contributed by atoms with Gasteiger partial charge in [-0.1, -0.05) is 0 Å². The number of carbonyl (C=O) groups is 1. The Morgan fingerprint density at radius 1 is 1.53 bits per heavy atom. The third-order valence-corrected chi connectivity index (χ3v) is 2.81. The number of aliphatic hydroxyl groups excluding tert-OH is 1. The molecule has 1 fully saturated rings. The zero-order chi connectivity index (χ0) is 14.0. The van der Waals surface area contributed by atoms with Crippen LogP contribution in [-0.4, -0.2) is 50.9 Å². The van der Waals surface area contributed by atoms with E-state index in [9.17, 15) is 9.90 Å². The molecule has 0 aliphatic carbocycles. The zero-order valence-electron chi connectivity index (χ0n) is 10.9. The van der Waals surface area contributed by atoms with Crippen LogP contribution in [0.2, 0.25) is 0 Å². The molecule has 2 unspecified atom stereocenters. The molecule has 1 saturated heterocycles. The van der Waals surface area contributed by atoms with E-state index in [0.29, 0.717) is 11.7 Å². The lowest BCUT2D eigenvalue weighted by Crippen LogP contribution is -2.36. The number of hydrogen-bond acceptors (Lipinski definition) is 6. The van der Waals surface area contributed by atoms with E-state index in [2.05, 4.69) is 9.97 Å². The number of carboxylic acid groups (broad SMARTS) is 1. The molecule has 2 N–H and O–H groups in total. The standard InChI is InChI=1S/C12H17N3O4/c1-7(2)19-11-5-13-4-10(14-11)15-6-8(16)3-9(15)12(17)18/h4-5,7-9,16H,3,6H2,1-2H3,(H,17,18). The number of hydrogen-bond donors (Lipinski definition) is 2. The van der Waals surface area contributed by atoms with E-state index in [1.165, 1.54) is 17.3 Å². The summed E-state index contributed by atoms with van der Waals surface area (Å²) in [4.78, 5) is 20.9. The second kappa shape index (κ2) is 5.40. The van der Waals surface area contributed by atoms with Gasteiger partial charge >= 0.3 is 5.97 Å². The number of aliphatic carboxylic acids is 1. The Bertz CT molecular complexity index is 466. The van der Waals surface area contributed by atoms with E-state index in [-0.39, 0.29) is 19.1 Å². The number of rotatable bonds is 4. The summed E-state index contributed by atoms with van der Waals surface area (Å²) in [6.45, 7) is 3.97. The summed E-state index contributed by atoms with van der Waals surface area (Å²) in [5.41, 5.74) is 0. The molecule has 0 saturated carbocycles. The first-order chi connectivity index (χ1) is 8.97. The minimum atomic E-state index is -0.978. The van der Waals surface area contributed by atoms with Crippen LogP contribution >= 0.6 is 0 Å². The fraction of sp³-hybridized carbons (Fsp3) is 0.583. The van der Waals surface area contributed by atoms with E-state index in [1.807, 2.05) is 13.8 Å². The van der Waals surface area contributed by atoms with Crippen molar-refractivity contribution in [1.82, 2.24) is 9.97 Å². The lowest BCUT2D eigenvalue weighted by atomic mass is 10.2. The minimum Gasteiger partial charge on any atom is -0.480 e. The Morgan fingerprint density at radius 3 is 2.89 bits per heavy atom. The lowest BCUT2D eigenvalue weighted by Gasteiger charge is -2.22. The first-order valence-corrected chi connectivity index (χ1v) is 6.13. The summed E-state index contributed by atoms with van der Waals surface area (Å²) in [5.74, 6) is -0.228. The highest BCUT2D eigenvalue weighted by atomic mass is 16.5. The average Bonchev–Trinajstić information content (AvgIpc) is 2.71. The van der Waals surface area contributed by atoms with Crippen molar-refractivity contribution in [2.45, 2.75) is 38.5 Å². The van der Waals surface area contributed by atoms with Crippen molar-refractivity contribution in [3.05, 3.63) is 12.4 Å². The smallest absolute Gasteiger partial charge is 0.326 e. The molecule has 0 amide bonds. The number of β-amino-alcohol motifs (C(OH)–C–C–N with tert-alkyl or cyclic N) is 1.